The van der Waals surface area contributed by atoms with E-state index in [1.54, 1.807) is 12.1 Å². The molecule has 1 aromatic rings. The molecule has 5 nitrogen and oxygen atoms in total. The van der Waals surface area contributed by atoms with Crippen molar-refractivity contribution in [1.29, 1.82) is 0 Å². The van der Waals surface area contributed by atoms with E-state index in [-0.39, 0.29) is 18.1 Å². The summed E-state index contributed by atoms with van der Waals surface area (Å²) in [5.74, 6) is 1.13. The Morgan fingerprint density at radius 1 is 1.39 bits per heavy atom. The molecule has 1 fully saturated rings. The van der Waals surface area contributed by atoms with Crippen LogP contribution in [-0.2, 0) is 0 Å². The van der Waals surface area contributed by atoms with Gasteiger partial charge in [-0.1, -0.05) is 6.07 Å². The topological polar surface area (TPSA) is 64.4 Å². The summed E-state index contributed by atoms with van der Waals surface area (Å²) in [5, 5.41) is 13.9. The molecule has 1 aliphatic heterocycles. The second-order valence-electron chi connectivity index (χ2n) is 4.26. The zero-order valence-corrected chi connectivity index (χ0v) is 10.8. The lowest BCUT2D eigenvalue weighted by atomic mass is 9.99. The van der Waals surface area contributed by atoms with Gasteiger partial charge in [0, 0.05) is 6.07 Å². The molecule has 0 aromatic heterocycles. The molecule has 100 valence electrons. The molecular formula is C12H17ClN2O3. The summed E-state index contributed by atoms with van der Waals surface area (Å²) in [7, 11) is 0. The average molecular weight is 273 g/mol. The third kappa shape index (κ3) is 4.16. The minimum absolute atomic E-state index is 0. The van der Waals surface area contributed by atoms with E-state index in [4.69, 9.17) is 4.74 Å². The van der Waals surface area contributed by atoms with E-state index in [1.807, 2.05) is 0 Å². The van der Waals surface area contributed by atoms with Crippen molar-refractivity contribution < 1.29 is 9.66 Å². The molecule has 1 aromatic carbocycles. The van der Waals surface area contributed by atoms with Crippen LogP contribution < -0.4 is 10.1 Å². The second-order valence-corrected chi connectivity index (χ2v) is 4.26. The van der Waals surface area contributed by atoms with E-state index in [0.29, 0.717) is 18.3 Å². The van der Waals surface area contributed by atoms with E-state index in [1.165, 1.54) is 12.1 Å². The molecule has 1 saturated heterocycles. The van der Waals surface area contributed by atoms with Crippen LogP contribution in [0.5, 0.6) is 5.75 Å². The number of nitrogens with one attached hydrogen (secondary N) is 1. The summed E-state index contributed by atoms with van der Waals surface area (Å²) in [6.07, 6.45) is 2.21. The summed E-state index contributed by atoms with van der Waals surface area (Å²) in [6, 6.07) is 6.35. The van der Waals surface area contributed by atoms with Crippen molar-refractivity contribution >= 4 is 18.1 Å². The number of rotatable bonds is 4. The van der Waals surface area contributed by atoms with Gasteiger partial charge in [-0.25, -0.2) is 0 Å². The van der Waals surface area contributed by atoms with Crippen molar-refractivity contribution in [3.05, 3.63) is 34.4 Å². The Morgan fingerprint density at radius 3 is 2.78 bits per heavy atom. The van der Waals surface area contributed by atoms with Crippen molar-refractivity contribution in [3.8, 4) is 5.75 Å². The molecular weight excluding hydrogens is 256 g/mol. The molecule has 1 heterocycles. The predicted octanol–water partition coefficient (Wildman–Crippen LogP) is 2.40. The number of piperidine rings is 1. The number of nitrogens with zero attached hydrogens (tertiary/aromatic N) is 1. The van der Waals surface area contributed by atoms with Gasteiger partial charge < -0.3 is 10.1 Å². The van der Waals surface area contributed by atoms with E-state index >= 15 is 0 Å². The first-order valence-corrected chi connectivity index (χ1v) is 5.83. The Kier molecular flexibility index (Phi) is 5.88. The number of nitro groups is 1. The smallest absolute Gasteiger partial charge is 0.273 e. The number of nitro benzene ring substituents is 1. The third-order valence-electron chi connectivity index (χ3n) is 2.97. The first-order chi connectivity index (χ1) is 8.25. The highest BCUT2D eigenvalue weighted by atomic mass is 35.5. The van der Waals surface area contributed by atoms with Gasteiger partial charge >= 0.3 is 0 Å². The first kappa shape index (κ1) is 14.7. The summed E-state index contributed by atoms with van der Waals surface area (Å²) < 4.78 is 5.60. The molecule has 2 rings (SSSR count). The monoisotopic (exact) mass is 272 g/mol. The van der Waals surface area contributed by atoms with Crippen LogP contribution in [0.4, 0.5) is 5.69 Å². The Morgan fingerprint density at radius 2 is 2.11 bits per heavy atom. The molecule has 0 amide bonds. The third-order valence-corrected chi connectivity index (χ3v) is 2.97. The zero-order chi connectivity index (χ0) is 12.1. The van der Waals surface area contributed by atoms with Gasteiger partial charge in [-0.15, -0.1) is 12.4 Å². The fourth-order valence-corrected chi connectivity index (χ4v) is 1.95. The fraction of sp³-hybridized carbons (Fsp3) is 0.500. The van der Waals surface area contributed by atoms with Crippen LogP contribution in [0.25, 0.3) is 0 Å². The van der Waals surface area contributed by atoms with Crippen LogP contribution in [0.15, 0.2) is 24.3 Å². The predicted molar refractivity (Wildman–Crippen MR) is 71.4 cm³/mol. The lowest BCUT2D eigenvalue weighted by Crippen LogP contribution is -2.30. The van der Waals surface area contributed by atoms with E-state index in [0.717, 1.165) is 25.9 Å². The maximum Gasteiger partial charge on any atom is 0.273 e. The Bertz CT molecular complexity index is 395. The molecule has 0 spiro atoms. The fourth-order valence-electron chi connectivity index (χ4n) is 1.95. The van der Waals surface area contributed by atoms with Crippen molar-refractivity contribution in [2.75, 3.05) is 19.7 Å². The van der Waals surface area contributed by atoms with Gasteiger partial charge in [0.25, 0.3) is 5.69 Å². The van der Waals surface area contributed by atoms with Crippen molar-refractivity contribution in [2.45, 2.75) is 12.8 Å². The summed E-state index contributed by atoms with van der Waals surface area (Å²) >= 11 is 0. The SMILES string of the molecule is Cl.O=[N+]([O-])c1cccc(OCC2CCNCC2)c1. The van der Waals surface area contributed by atoms with Gasteiger partial charge in [0.05, 0.1) is 17.6 Å². The maximum atomic E-state index is 10.6. The molecule has 0 atom stereocenters. The summed E-state index contributed by atoms with van der Waals surface area (Å²) in [6.45, 7) is 2.70. The van der Waals surface area contributed by atoms with Crippen molar-refractivity contribution in [3.63, 3.8) is 0 Å². The molecule has 0 bridgehead atoms. The Hall–Kier alpha value is -1.33. The van der Waals surface area contributed by atoms with Crippen LogP contribution in [0.3, 0.4) is 0 Å². The summed E-state index contributed by atoms with van der Waals surface area (Å²) in [5.41, 5.74) is 0.0767. The first-order valence-electron chi connectivity index (χ1n) is 5.83. The standard InChI is InChI=1S/C12H16N2O3.ClH/c15-14(16)11-2-1-3-12(8-11)17-9-10-4-6-13-7-5-10;/h1-3,8,10,13H,4-7,9H2;1H. The van der Waals surface area contributed by atoms with Crippen LogP contribution >= 0.6 is 12.4 Å². The zero-order valence-electron chi connectivity index (χ0n) is 10.0. The van der Waals surface area contributed by atoms with Gasteiger partial charge in [-0.05, 0) is 37.9 Å². The molecule has 1 aliphatic rings. The van der Waals surface area contributed by atoms with Crippen LogP contribution in [-0.4, -0.2) is 24.6 Å². The number of hydrogen-bond acceptors (Lipinski definition) is 4. The molecule has 18 heavy (non-hydrogen) atoms. The molecule has 6 heteroatoms. The van der Waals surface area contributed by atoms with Crippen molar-refractivity contribution in [2.24, 2.45) is 5.92 Å². The minimum atomic E-state index is -0.405. The van der Waals surface area contributed by atoms with Crippen LogP contribution in [0.1, 0.15) is 12.8 Å². The lowest BCUT2D eigenvalue weighted by molar-refractivity contribution is -0.384. The quantitative estimate of drug-likeness (QED) is 0.675. The van der Waals surface area contributed by atoms with Gasteiger partial charge in [0.2, 0.25) is 0 Å². The van der Waals surface area contributed by atoms with Crippen LogP contribution in [0, 0.1) is 16.0 Å². The van der Waals surface area contributed by atoms with Gasteiger partial charge in [0.1, 0.15) is 5.75 Å². The minimum Gasteiger partial charge on any atom is -0.493 e. The van der Waals surface area contributed by atoms with E-state index in [9.17, 15) is 10.1 Å². The lowest BCUT2D eigenvalue weighted by Gasteiger charge is -2.22. The number of ether oxygens (including phenoxy) is 1. The van der Waals surface area contributed by atoms with Gasteiger partial charge in [-0.2, -0.15) is 0 Å². The van der Waals surface area contributed by atoms with E-state index < -0.39 is 4.92 Å². The molecule has 0 unspecified atom stereocenters. The number of hydrogen-bond donors (Lipinski definition) is 1. The second kappa shape index (κ2) is 7.18. The maximum absolute atomic E-state index is 10.6. The molecule has 0 saturated carbocycles. The highest BCUT2D eigenvalue weighted by Crippen LogP contribution is 2.21. The highest BCUT2D eigenvalue weighted by Gasteiger charge is 2.14. The number of non-ortho nitro benzene ring substituents is 1. The van der Waals surface area contributed by atoms with E-state index in [2.05, 4.69) is 5.32 Å². The number of benzene rings is 1. The van der Waals surface area contributed by atoms with Gasteiger partial charge in [0.15, 0.2) is 0 Å². The van der Waals surface area contributed by atoms with Crippen molar-refractivity contribution in [1.82, 2.24) is 5.32 Å². The molecule has 1 N–H and O–H groups in total. The molecule has 0 radical (unpaired) electrons. The highest BCUT2D eigenvalue weighted by molar-refractivity contribution is 5.85. The molecule has 0 aliphatic carbocycles. The number of halogens is 1. The Balaban J connectivity index is 0.00000162. The summed E-state index contributed by atoms with van der Waals surface area (Å²) in [4.78, 5) is 10.2. The van der Waals surface area contributed by atoms with Crippen LogP contribution in [0.2, 0.25) is 0 Å². The normalized spacial score (nSPS) is 15.8. The largest absolute Gasteiger partial charge is 0.493 e. The average Bonchev–Trinajstić information content (AvgIpc) is 2.38. The van der Waals surface area contributed by atoms with Gasteiger partial charge in [-0.3, -0.25) is 10.1 Å². The Labute approximate surface area is 112 Å².